The number of carbonyl (C=O) groups excluding carboxylic acids is 2. The molecule has 1 N–H and O–H groups in total. The van der Waals surface area contributed by atoms with E-state index in [2.05, 4.69) is 15.5 Å². The molecule has 8 nitrogen and oxygen atoms in total. The van der Waals surface area contributed by atoms with Crippen LogP contribution in [-0.2, 0) is 33.7 Å². The number of ether oxygens (including phenoxy) is 1. The third-order valence-electron chi connectivity index (χ3n) is 5.60. The largest absolute Gasteiger partial charge is 0.381 e. The minimum absolute atomic E-state index is 0.143. The lowest BCUT2D eigenvalue weighted by Gasteiger charge is -2.36. The van der Waals surface area contributed by atoms with Crippen LogP contribution in [0.2, 0.25) is 0 Å². The van der Waals surface area contributed by atoms with Crippen LogP contribution in [0.3, 0.4) is 0 Å². The van der Waals surface area contributed by atoms with E-state index in [0.29, 0.717) is 37.0 Å². The van der Waals surface area contributed by atoms with Gasteiger partial charge in [0, 0.05) is 31.9 Å². The molecule has 0 spiro atoms. The van der Waals surface area contributed by atoms with Gasteiger partial charge in [0.05, 0.1) is 6.54 Å². The fourth-order valence-electron chi connectivity index (χ4n) is 3.94. The highest BCUT2D eigenvalue weighted by atomic mass is 16.5. The lowest BCUT2D eigenvalue weighted by molar-refractivity contribution is -0.134. The normalized spacial score (nSPS) is 19.8. The molecule has 3 heterocycles. The fourth-order valence-corrected chi connectivity index (χ4v) is 3.94. The van der Waals surface area contributed by atoms with E-state index in [4.69, 9.17) is 9.26 Å². The third-order valence-corrected chi connectivity index (χ3v) is 5.60. The van der Waals surface area contributed by atoms with E-state index < -0.39 is 5.92 Å². The Morgan fingerprint density at radius 2 is 2.07 bits per heavy atom. The van der Waals surface area contributed by atoms with Crippen molar-refractivity contribution in [2.45, 2.75) is 39.2 Å². The van der Waals surface area contributed by atoms with Gasteiger partial charge in [-0.15, -0.1) is 0 Å². The minimum Gasteiger partial charge on any atom is -0.381 e. The smallest absolute Gasteiger partial charge is 0.239 e. The van der Waals surface area contributed by atoms with Crippen LogP contribution in [0.25, 0.3) is 0 Å². The first kappa shape index (κ1) is 19.6. The Labute approximate surface area is 169 Å². The molecule has 2 aliphatic heterocycles. The van der Waals surface area contributed by atoms with E-state index in [-0.39, 0.29) is 18.4 Å². The number of benzene rings is 1. The van der Waals surface area contributed by atoms with Gasteiger partial charge in [-0.3, -0.25) is 9.59 Å². The molecular formula is C21H26N4O4. The molecule has 1 atom stereocenters. The van der Waals surface area contributed by atoms with Crippen LogP contribution in [0.4, 0.5) is 5.69 Å². The molecular weight excluding hydrogens is 372 g/mol. The molecule has 0 bridgehead atoms. The average Bonchev–Trinajstić information content (AvgIpc) is 3.23. The summed E-state index contributed by atoms with van der Waals surface area (Å²) < 4.78 is 10.5. The zero-order valence-electron chi connectivity index (χ0n) is 16.6. The van der Waals surface area contributed by atoms with Crippen LogP contribution in [0, 0.1) is 11.8 Å². The summed E-state index contributed by atoms with van der Waals surface area (Å²) in [5, 5.41) is 6.64. The third kappa shape index (κ3) is 4.32. The number of rotatable bonds is 6. The minimum atomic E-state index is -0.748. The molecule has 8 heteroatoms. The molecule has 154 valence electrons. The lowest BCUT2D eigenvalue weighted by Crippen LogP contribution is -2.49. The molecule has 1 aromatic heterocycles. The van der Waals surface area contributed by atoms with Crippen LogP contribution in [0.5, 0.6) is 0 Å². The molecule has 0 radical (unpaired) electrons. The summed E-state index contributed by atoms with van der Waals surface area (Å²) in [6.45, 7) is 4.13. The van der Waals surface area contributed by atoms with E-state index in [9.17, 15) is 9.59 Å². The van der Waals surface area contributed by atoms with Gasteiger partial charge < -0.3 is 19.5 Å². The summed E-state index contributed by atoms with van der Waals surface area (Å²) >= 11 is 0. The van der Waals surface area contributed by atoms with E-state index in [1.165, 1.54) is 0 Å². The van der Waals surface area contributed by atoms with Crippen molar-refractivity contribution < 1.29 is 18.8 Å². The van der Waals surface area contributed by atoms with Crippen molar-refractivity contribution >= 4 is 17.5 Å². The quantitative estimate of drug-likeness (QED) is 0.746. The lowest BCUT2D eigenvalue weighted by atomic mass is 9.89. The summed E-state index contributed by atoms with van der Waals surface area (Å²) in [4.78, 5) is 32.1. The maximum atomic E-state index is 13.2. The van der Waals surface area contributed by atoms with E-state index >= 15 is 0 Å². The highest BCUT2D eigenvalue weighted by molar-refractivity contribution is 6.10. The molecule has 2 amide bonds. The Bertz CT molecular complexity index is 875. The molecule has 0 saturated carbocycles. The fraction of sp³-hybridized carbons (Fsp3) is 0.524. The van der Waals surface area contributed by atoms with Gasteiger partial charge in [0.15, 0.2) is 5.82 Å². The molecule has 29 heavy (non-hydrogen) atoms. The van der Waals surface area contributed by atoms with Crippen LogP contribution < -0.4 is 10.2 Å². The highest BCUT2D eigenvalue weighted by Gasteiger charge is 2.38. The summed E-state index contributed by atoms with van der Waals surface area (Å²) in [6, 6.07) is 7.84. The summed E-state index contributed by atoms with van der Waals surface area (Å²) in [5.41, 5.74) is 1.94. The zero-order chi connectivity index (χ0) is 20.2. The Kier molecular flexibility index (Phi) is 5.89. The van der Waals surface area contributed by atoms with Gasteiger partial charge in [0.1, 0.15) is 5.92 Å². The number of anilines is 1. The van der Waals surface area contributed by atoms with Crippen molar-refractivity contribution in [3.63, 3.8) is 0 Å². The second kappa shape index (κ2) is 8.73. The van der Waals surface area contributed by atoms with Crippen LogP contribution >= 0.6 is 0 Å². The van der Waals surface area contributed by atoms with Crippen LogP contribution in [0.15, 0.2) is 28.8 Å². The first-order chi connectivity index (χ1) is 14.2. The summed E-state index contributed by atoms with van der Waals surface area (Å²) in [7, 11) is 0. The Morgan fingerprint density at radius 3 is 2.83 bits per heavy atom. The predicted molar refractivity (Wildman–Crippen MR) is 105 cm³/mol. The van der Waals surface area contributed by atoms with Crippen LogP contribution in [-0.4, -0.2) is 41.7 Å². The average molecular weight is 398 g/mol. The second-order valence-corrected chi connectivity index (χ2v) is 7.57. The second-order valence-electron chi connectivity index (χ2n) is 7.57. The van der Waals surface area contributed by atoms with Crippen molar-refractivity contribution in [3.05, 3.63) is 41.5 Å². The molecule has 1 aromatic carbocycles. The Morgan fingerprint density at radius 1 is 1.28 bits per heavy atom. The zero-order valence-corrected chi connectivity index (χ0v) is 16.6. The molecule has 0 aliphatic carbocycles. The summed E-state index contributed by atoms with van der Waals surface area (Å²) in [5.74, 6) is 0.133. The topological polar surface area (TPSA) is 97.6 Å². The number of hydrogen-bond acceptors (Lipinski definition) is 6. The number of para-hydroxylation sites is 1. The van der Waals surface area contributed by atoms with Gasteiger partial charge >= 0.3 is 0 Å². The molecule has 2 aromatic rings. The highest BCUT2D eigenvalue weighted by Crippen LogP contribution is 2.32. The first-order valence-corrected chi connectivity index (χ1v) is 10.2. The number of nitrogens with one attached hydrogen (secondary N) is 1. The van der Waals surface area contributed by atoms with Gasteiger partial charge in [-0.2, -0.15) is 4.98 Å². The molecule has 1 saturated heterocycles. The van der Waals surface area contributed by atoms with Gasteiger partial charge in [-0.25, -0.2) is 0 Å². The van der Waals surface area contributed by atoms with Gasteiger partial charge in [-0.1, -0.05) is 30.3 Å². The standard InChI is InChI=1S/C21H26N4O4/c1-2-19-23-18(24-29-19)12-22-20(26)16-11-15-5-3-4-6-17(15)25(21(16)27)13-14-7-9-28-10-8-14/h3-6,14,16H,2,7-13H2,1H3,(H,22,26). The van der Waals surface area contributed by atoms with Crippen molar-refractivity contribution in [1.29, 1.82) is 0 Å². The number of fused-ring (bicyclic) bond motifs is 1. The van der Waals surface area contributed by atoms with Crippen molar-refractivity contribution in [2.24, 2.45) is 11.8 Å². The molecule has 1 fully saturated rings. The number of amides is 2. The number of nitrogens with zero attached hydrogens (tertiary/aromatic N) is 3. The van der Waals surface area contributed by atoms with Crippen molar-refractivity contribution in [1.82, 2.24) is 15.5 Å². The number of aromatic nitrogens is 2. The maximum absolute atomic E-state index is 13.2. The maximum Gasteiger partial charge on any atom is 0.239 e. The predicted octanol–water partition coefficient (Wildman–Crippen LogP) is 1.88. The molecule has 4 rings (SSSR count). The number of aryl methyl sites for hydroxylation is 1. The van der Waals surface area contributed by atoms with Gasteiger partial charge in [0.25, 0.3) is 0 Å². The van der Waals surface area contributed by atoms with E-state index in [1.807, 2.05) is 31.2 Å². The van der Waals surface area contributed by atoms with Gasteiger partial charge in [0.2, 0.25) is 17.7 Å². The molecule has 2 aliphatic rings. The van der Waals surface area contributed by atoms with Crippen molar-refractivity contribution in [3.8, 4) is 0 Å². The summed E-state index contributed by atoms with van der Waals surface area (Å²) in [6.07, 6.45) is 2.90. The first-order valence-electron chi connectivity index (χ1n) is 10.2. The Balaban J connectivity index is 1.48. The van der Waals surface area contributed by atoms with Crippen molar-refractivity contribution in [2.75, 3.05) is 24.7 Å². The van der Waals surface area contributed by atoms with E-state index in [1.54, 1.807) is 4.90 Å². The number of carbonyl (C=O) groups is 2. The SMILES string of the molecule is CCc1nc(CNC(=O)C2Cc3ccccc3N(CC3CCOCC3)C2=O)no1. The van der Waals surface area contributed by atoms with E-state index in [0.717, 1.165) is 37.3 Å². The monoisotopic (exact) mass is 398 g/mol. The Hall–Kier alpha value is -2.74. The van der Waals surface area contributed by atoms with Crippen LogP contribution in [0.1, 0.15) is 37.0 Å². The number of hydrogen-bond donors (Lipinski definition) is 1. The molecule has 1 unspecified atom stereocenters. The van der Waals surface area contributed by atoms with Gasteiger partial charge in [-0.05, 0) is 36.8 Å².